The quantitative estimate of drug-likeness (QED) is 0.622. The highest BCUT2D eigenvalue weighted by Crippen LogP contribution is 2.22. The van der Waals surface area contributed by atoms with E-state index in [1.165, 1.54) is 5.56 Å². The minimum absolute atomic E-state index is 0.0913. The molecule has 0 aliphatic rings. The highest BCUT2D eigenvalue weighted by atomic mass is 16.5. The molecule has 1 N–H and O–H groups in total. The van der Waals surface area contributed by atoms with Gasteiger partial charge in [0.15, 0.2) is 6.10 Å². The molecule has 146 valence electrons. The summed E-state index contributed by atoms with van der Waals surface area (Å²) in [4.78, 5) is 12.3. The highest BCUT2D eigenvalue weighted by Gasteiger charge is 2.15. The molecule has 2 rings (SSSR count). The Hall–Kier alpha value is -2.49. The van der Waals surface area contributed by atoms with Crippen LogP contribution in [0.3, 0.4) is 0 Å². The van der Waals surface area contributed by atoms with Crippen LogP contribution in [-0.4, -0.2) is 25.2 Å². The predicted molar refractivity (Wildman–Crippen MR) is 110 cm³/mol. The molecule has 0 aromatic heterocycles. The number of hydrogen-bond acceptors (Lipinski definition) is 3. The molecule has 1 atom stereocenters. The standard InChI is InChI=1S/C23H31NO3/c1-5-16-26-22-13-7-6-11-20(22)12-9-15-24-23(25)19(4)27-21-14-8-10-17(2)18(21)3/h6-8,10-11,13-14,19H,5,9,12,15-16H2,1-4H3,(H,24,25)/t19-/m1/s1. The Labute approximate surface area is 162 Å². The van der Waals surface area contributed by atoms with Crippen molar-refractivity contribution in [3.8, 4) is 11.5 Å². The first-order chi connectivity index (χ1) is 13.0. The van der Waals surface area contributed by atoms with Crippen molar-refractivity contribution in [2.75, 3.05) is 13.2 Å². The fourth-order valence-electron chi connectivity index (χ4n) is 2.79. The fraction of sp³-hybridized carbons (Fsp3) is 0.435. The Balaban J connectivity index is 1.78. The van der Waals surface area contributed by atoms with Gasteiger partial charge in [-0.05, 0) is 68.9 Å². The molecular formula is C23H31NO3. The first-order valence-electron chi connectivity index (χ1n) is 9.74. The zero-order valence-electron chi connectivity index (χ0n) is 16.9. The van der Waals surface area contributed by atoms with Gasteiger partial charge in [0.1, 0.15) is 11.5 Å². The van der Waals surface area contributed by atoms with Crippen LogP contribution in [0.25, 0.3) is 0 Å². The Morgan fingerprint density at radius 1 is 1.07 bits per heavy atom. The monoisotopic (exact) mass is 369 g/mol. The normalized spacial score (nSPS) is 11.7. The van der Waals surface area contributed by atoms with E-state index in [-0.39, 0.29) is 5.91 Å². The molecule has 2 aromatic carbocycles. The van der Waals surface area contributed by atoms with Gasteiger partial charge in [-0.25, -0.2) is 0 Å². The molecule has 4 nitrogen and oxygen atoms in total. The summed E-state index contributed by atoms with van der Waals surface area (Å²) in [6.45, 7) is 9.26. The van der Waals surface area contributed by atoms with E-state index in [9.17, 15) is 4.79 Å². The lowest BCUT2D eigenvalue weighted by atomic mass is 10.1. The first kappa shape index (κ1) is 20.8. The lowest BCUT2D eigenvalue weighted by molar-refractivity contribution is -0.127. The van der Waals surface area contributed by atoms with Crippen molar-refractivity contribution in [1.82, 2.24) is 5.32 Å². The zero-order valence-corrected chi connectivity index (χ0v) is 16.9. The van der Waals surface area contributed by atoms with Gasteiger partial charge in [-0.15, -0.1) is 0 Å². The summed E-state index contributed by atoms with van der Waals surface area (Å²) < 4.78 is 11.6. The third-order valence-electron chi connectivity index (χ3n) is 4.58. The molecule has 0 fully saturated rings. The van der Waals surface area contributed by atoms with Crippen LogP contribution < -0.4 is 14.8 Å². The number of carbonyl (C=O) groups is 1. The van der Waals surface area contributed by atoms with Crippen molar-refractivity contribution in [2.45, 2.75) is 53.1 Å². The van der Waals surface area contributed by atoms with Gasteiger partial charge in [0, 0.05) is 6.54 Å². The van der Waals surface area contributed by atoms with Crippen LogP contribution in [-0.2, 0) is 11.2 Å². The summed E-state index contributed by atoms with van der Waals surface area (Å²) in [6.07, 6.45) is 2.19. The van der Waals surface area contributed by atoms with Gasteiger partial charge in [0.25, 0.3) is 5.91 Å². The SMILES string of the molecule is CCCOc1ccccc1CCCNC(=O)[C@@H](C)Oc1cccc(C)c1C. The molecule has 0 bridgehead atoms. The van der Waals surface area contributed by atoms with Crippen molar-refractivity contribution >= 4 is 5.91 Å². The van der Waals surface area contributed by atoms with Gasteiger partial charge in [-0.2, -0.15) is 0 Å². The second kappa shape index (κ2) is 10.6. The van der Waals surface area contributed by atoms with Crippen molar-refractivity contribution < 1.29 is 14.3 Å². The van der Waals surface area contributed by atoms with Crippen molar-refractivity contribution in [2.24, 2.45) is 0 Å². The van der Waals surface area contributed by atoms with E-state index in [2.05, 4.69) is 18.3 Å². The Morgan fingerprint density at radius 2 is 1.81 bits per heavy atom. The summed E-state index contributed by atoms with van der Waals surface area (Å²) in [5, 5.41) is 2.96. The van der Waals surface area contributed by atoms with Crippen LogP contribution in [0.1, 0.15) is 43.4 Å². The van der Waals surface area contributed by atoms with Gasteiger partial charge < -0.3 is 14.8 Å². The number of rotatable bonds is 10. The van der Waals surface area contributed by atoms with E-state index in [1.54, 1.807) is 6.92 Å². The third-order valence-corrected chi connectivity index (χ3v) is 4.58. The van der Waals surface area contributed by atoms with Crippen molar-refractivity contribution in [1.29, 1.82) is 0 Å². The van der Waals surface area contributed by atoms with Gasteiger partial charge in [-0.3, -0.25) is 4.79 Å². The summed E-state index contributed by atoms with van der Waals surface area (Å²) >= 11 is 0. The van der Waals surface area contributed by atoms with E-state index in [4.69, 9.17) is 9.47 Å². The topological polar surface area (TPSA) is 47.6 Å². The molecule has 0 saturated heterocycles. The Morgan fingerprint density at radius 3 is 2.59 bits per heavy atom. The molecule has 0 aliphatic heterocycles. The second-order valence-corrected chi connectivity index (χ2v) is 6.81. The minimum atomic E-state index is -0.523. The van der Waals surface area contributed by atoms with E-state index in [0.29, 0.717) is 6.54 Å². The fourth-order valence-corrected chi connectivity index (χ4v) is 2.79. The van der Waals surface area contributed by atoms with Crippen LogP contribution in [0.15, 0.2) is 42.5 Å². The number of nitrogens with one attached hydrogen (secondary N) is 1. The first-order valence-corrected chi connectivity index (χ1v) is 9.74. The van der Waals surface area contributed by atoms with E-state index in [1.807, 2.05) is 50.2 Å². The molecule has 1 amide bonds. The predicted octanol–water partition coefficient (Wildman–Crippen LogP) is 4.61. The van der Waals surface area contributed by atoms with Gasteiger partial charge in [0.2, 0.25) is 0 Å². The van der Waals surface area contributed by atoms with Crippen LogP contribution >= 0.6 is 0 Å². The summed E-state index contributed by atoms with van der Waals surface area (Å²) in [6, 6.07) is 14.0. The average molecular weight is 370 g/mol. The third kappa shape index (κ3) is 6.31. The number of carbonyl (C=O) groups excluding carboxylic acids is 1. The summed E-state index contributed by atoms with van der Waals surface area (Å²) in [5.41, 5.74) is 3.41. The van der Waals surface area contributed by atoms with E-state index in [0.717, 1.165) is 48.5 Å². The molecule has 0 saturated carbocycles. The smallest absolute Gasteiger partial charge is 0.260 e. The maximum Gasteiger partial charge on any atom is 0.260 e. The largest absolute Gasteiger partial charge is 0.493 e. The van der Waals surface area contributed by atoms with Gasteiger partial charge >= 0.3 is 0 Å². The molecule has 0 unspecified atom stereocenters. The highest BCUT2D eigenvalue weighted by molar-refractivity contribution is 5.80. The maximum absolute atomic E-state index is 12.3. The molecule has 0 aliphatic carbocycles. The van der Waals surface area contributed by atoms with Gasteiger partial charge in [-0.1, -0.05) is 37.3 Å². The van der Waals surface area contributed by atoms with E-state index < -0.39 is 6.10 Å². The van der Waals surface area contributed by atoms with Gasteiger partial charge in [0.05, 0.1) is 6.61 Å². The molecule has 27 heavy (non-hydrogen) atoms. The number of para-hydroxylation sites is 1. The van der Waals surface area contributed by atoms with Crippen LogP contribution in [0, 0.1) is 13.8 Å². The minimum Gasteiger partial charge on any atom is -0.493 e. The molecule has 0 heterocycles. The lowest BCUT2D eigenvalue weighted by Crippen LogP contribution is -2.37. The average Bonchev–Trinajstić information content (AvgIpc) is 2.67. The van der Waals surface area contributed by atoms with Crippen molar-refractivity contribution in [3.63, 3.8) is 0 Å². The van der Waals surface area contributed by atoms with E-state index >= 15 is 0 Å². The molecule has 2 aromatic rings. The summed E-state index contributed by atoms with van der Waals surface area (Å²) in [5.74, 6) is 1.61. The molecule has 0 radical (unpaired) electrons. The second-order valence-electron chi connectivity index (χ2n) is 6.81. The van der Waals surface area contributed by atoms with Crippen molar-refractivity contribution in [3.05, 3.63) is 59.2 Å². The zero-order chi connectivity index (χ0) is 19.6. The Kier molecular flexibility index (Phi) is 8.18. The summed E-state index contributed by atoms with van der Waals surface area (Å²) in [7, 11) is 0. The number of amides is 1. The molecule has 0 spiro atoms. The number of ether oxygens (including phenoxy) is 2. The van der Waals surface area contributed by atoms with Crippen LogP contribution in [0.2, 0.25) is 0 Å². The van der Waals surface area contributed by atoms with Crippen LogP contribution in [0.5, 0.6) is 11.5 Å². The number of hydrogen-bond donors (Lipinski definition) is 1. The Bertz CT molecular complexity index is 742. The number of benzene rings is 2. The maximum atomic E-state index is 12.3. The lowest BCUT2D eigenvalue weighted by Gasteiger charge is -2.17. The molecule has 4 heteroatoms. The van der Waals surface area contributed by atoms with Crippen LogP contribution in [0.4, 0.5) is 0 Å². The number of aryl methyl sites for hydroxylation is 2. The molecular weight excluding hydrogens is 338 g/mol.